The van der Waals surface area contributed by atoms with E-state index in [0.29, 0.717) is 5.92 Å². The molecular weight excluding hydrogens is 420 g/mol. The quantitative estimate of drug-likeness (QED) is 0.230. The standard InChI is InChI=1S/C32H43Cl/c1-3-5-7-8-10-12-26-13-15-28(16-14-26)17-18-29-21-24-31(32(33)25-29)30-22-19-27(20-23-30)11-9-6-4-2/h19-26,28H,3-16H2,1-2H3. The molecule has 0 heterocycles. The van der Waals surface area contributed by atoms with Crippen molar-refractivity contribution in [2.45, 2.75) is 104 Å². The van der Waals surface area contributed by atoms with E-state index in [1.54, 1.807) is 0 Å². The molecule has 1 aliphatic carbocycles. The van der Waals surface area contributed by atoms with Crippen LogP contribution >= 0.6 is 11.6 Å². The van der Waals surface area contributed by atoms with Gasteiger partial charge in [-0.05, 0) is 67.7 Å². The number of rotatable bonds is 11. The first-order chi connectivity index (χ1) is 16.2. The normalized spacial score (nSPS) is 18.0. The van der Waals surface area contributed by atoms with Crippen molar-refractivity contribution in [1.82, 2.24) is 0 Å². The van der Waals surface area contributed by atoms with Crippen LogP contribution in [0.4, 0.5) is 0 Å². The minimum atomic E-state index is 0.556. The van der Waals surface area contributed by atoms with Gasteiger partial charge in [-0.3, -0.25) is 0 Å². The SMILES string of the molecule is CCCCCCCC1CCC(C#Cc2ccc(-c3ccc(CCCCC)cc3)c(Cl)c2)CC1. The summed E-state index contributed by atoms with van der Waals surface area (Å²) in [6.45, 7) is 4.54. The fourth-order valence-corrected chi connectivity index (χ4v) is 5.36. The molecule has 1 saturated carbocycles. The van der Waals surface area contributed by atoms with Gasteiger partial charge in [0.05, 0.1) is 0 Å². The van der Waals surface area contributed by atoms with Crippen molar-refractivity contribution < 1.29 is 0 Å². The van der Waals surface area contributed by atoms with Gasteiger partial charge in [0.2, 0.25) is 0 Å². The number of halogens is 1. The van der Waals surface area contributed by atoms with Gasteiger partial charge in [0, 0.05) is 22.1 Å². The summed E-state index contributed by atoms with van der Waals surface area (Å²) in [4.78, 5) is 0. The molecule has 0 unspecified atom stereocenters. The van der Waals surface area contributed by atoms with Crippen LogP contribution < -0.4 is 0 Å². The molecule has 0 N–H and O–H groups in total. The monoisotopic (exact) mass is 462 g/mol. The van der Waals surface area contributed by atoms with Gasteiger partial charge in [-0.15, -0.1) is 0 Å². The molecule has 0 nitrogen and oxygen atoms in total. The maximum absolute atomic E-state index is 6.66. The number of unbranched alkanes of at least 4 members (excludes halogenated alkanes) is 6. The Bertz CT molecular complexity index is 875. The molecule has 0 aromatic heterocycles. The average molecular weight is 463 g/mol. The van der Waals surface area contributed by atoms with Crippen LogP contribution in [0.2, 0.25) is 5.02 Å². The molecule has 2 aromatic rings. The van der Waals surface area contributed by atoms with Crippen molar-refractivity contribution in [3.8, 4) is 23.0 Å². The molecule has 0 spiro atoms. The van der Waals surface area contributed by atoms with Gasteiger partial charge < -0.3 is 0 Å². The second-order valence-electron chi connectivity index (χ2n) is 10.0. The van der Waals surface area contributed by atoms with E-state index in [0.717, 1.165) is 28.5 Å². The molecule has 0 aliphatic heterocycles. The van der Waals surface area contributed by atoms with E-state index in [1.165, 1.54) is 94.6 Å². The lowest BCUT2D eigenvalue weighted by molar-refractivity contribution is 0.294. The lowest BCUT2D eigenvalue weighted by atomic mass is 9.80. The minimum Gasteiger partial charge on any atom is -0.0945 e. The third kappa shape index (κ3) is 8.87. The van der Waals surface area contributed by atoms with Gasteiger partial charge in [-0.2, -0.15) is 0 Å². The van der Waals surface area contributed by atoms with E-state index in [4.69, 9.17) is 11.6 Å². The summed E-state index contributed by atoms with van der Waals surface area (Å²) < 4.78 is 0. The molecule has 0 atom stereocenters. The Morgan fingerprint density at radius 2 is 1.48 bits per heavy atom. The second-order valence-corrected chi connectivity index (χ2v) is 10.4. The molecule has 0 radical (unpaired) electrons. The van der Waals surface area contributed by atoms with E-state index >= 15 is 0 Å². The third-order valence-electron chi connectivity index (χ3n) is 7.29. The first-order valence-electron chi connectivity index (χ1n) is 13.6. The molecule has 0 bridgehead atoms. The molecule has 1 heteroatoms. The van der Waals surface area contributed by atoms with Crippen LogP contribution in [0.25, 0.3) is 11.1 Å². The van der Waals surface area contributed by atoms with Crippen LogP contribution in [0.1, 0.15) is 108 Å². The van der Waals surface area contributed by atoms with Gasteiger partial charge in [-0.25, -0.2) is 0 Å². The Balaban J connectivity index is 1.48. The molecule has 3 rings (SSSR count). The first-order valence-corrected chi connectivity index (χ1v) is 14.0. The first kappa shape index (κ1) is 25.9. The van der Waals surface area contributed by atoms with Crippen LogP contribution in [0, 0.1) is 23.7 Å². The summed E-state index contributed by atoms with van der Waals surface area (Å²) in [5, 5.41) is 0.798. The summed E-state index contributed by atoms with van der Waals surface area (Å²) in [7, 11) is 0. The van der Waals surface area contributed by atoms with Crippen LogP contribution in [-0.2, 0) is 6.42 Å². The largest absolute Gasteiger partial charge is 0.0945 e. The number of benzene rings is 2. The molecule has 178 valence electrons. The van der Waals surface area contributed by atoms with Crippen LogP contribution in [0.15, 0.2) is 42.5 Å². The topological polar surface area (TPSA) is 0 Å². The second kappa shape index (κ2) is 14.5. The van der Waals surface area contributed by atoms with Crippen LogP contribution in [0.5, 0.6) is 0 Å². The van der Waals surface area contributed by atoms with Crippen molar-refractivity contribution in [3.05, 3.63) is 58.6 Å². The van der Waals surface area contributed by atoms with Gasteiger partial charge in [-0.1, -0.05) is 119 Å². The molecule has 0 saturated heterocycles. The Hall–Kier alpha value is -1.71. The predicted molar refractivity (Wildman–Crippen MR) is 146 cm³/mol. The zero-order chi connectivity index (χ0) is 23.3. The molecule has 1 fully saturated rings. The van der Waals surface area contributed by atoms with Crippen molar-refractivity contribution >= 4 is 11.6 Å². The van der Waals surface area contributed by atoms with Crippen LogP contribution in [-0.4, -0.2) is 0 Å². The van der Waals surface area contributed by atoms with E-state index in [1.807, 2.05) is 6.07 Å². The minimum absolute atomic E-state index is 0.556. The lowest BCUT2D eigenvalue weighted by Crippen LogP contribution is -2.13. The Morgan fingerprint density at radius 3 is 2.18 bits per heavy atom. The lowest BCUT2D eigenvalue weighted by Gasteiger charge is -2.25. The van der Waals surface area contributed by atoms with Crippen molar-refractivity contribution in [2.24, 2.45) is 11.8 Å². The van der Waals surface area contributed by atoms with Crippen molar-refractivity contribution in [1.29, 1.82) is 0 Å². The number of hydrogen-bond acceptors (Lipinski definition) is 0. The number of aryl methyl sites for hydroxylation is 1. The van der Waals surface area contributed by atoms with Crippen molar-refractivity contribution in [3.63, 3.8) is 0 Å². The zero-order valence-electron chi connectivity index (χ0n) is 21.0. The summed E-state index contributed by atoms with van der Waals surface area (Å²) in [5.41, 5.74) is 4.74. The molecular formula is C32H43Cl. The molecule has 33 heavy (non-hydrogen) atoms. The molecule has 0 amide bonds. The predicted octanol–water partition coefficient (Wildman–Crippen LogP) is 10.3. The number of hydrogen-bond donors (Lipinski definition) is 0. The van der Waals surface area contributed by atoms with Gasteiger partial charge >= 0.3 is 0 Å². The Kier molecular flexibility index (Phi) is 11.4. The fourth-order valence-electron chi connectivity index (χ4n) is 5.07. The Labute approximate surface area is 208 Å². The highest BCUT2D eigenvalue weighted by Gasteiger charge is 2.19. The Morgan fingerprint density at radius 1 is 0.788 bits per heavy atom. The smallest absolute Gasteiger partial charge is 0.0496 e. The van der Waals surface area contributed by atoms with Gasteiger partial charge in [0.1, 0.15) is 0 Å². The zero-order valence-corrected chi connectivity index (χ0v) is 21.7. The van der Waals surface area contributed by atoms with Gasteiger partial charge in [0.25, 0.3) is 0 Å². The average Bonchev–Trinajstić information content (AvgIpc) is 2.84. The van der Waals surface area contributed by atoms with E-state index in [-0.39, 0.29) is 0 Å². The highest BCUT2D eigenvalue weighted by atomic mass is 35.5. The highest BCUT2D eigenvalue weighted by molar-refractivity contribution is 6.33. The highest BCUT2D eigenvalue weighted by Crippen LogP contribution is 2.32. The van der Waals surface area contributed by atoms with Crippen LogP contribution in [0.3, 0.4) is 0 Å². The van der Waals surface area contributed by atoms with Gasteiger partial charge in [0.15, 0.2) is 0 Å². The van der Waals surface area contributed by atoms with Crippen molar-refractivity contribution in [2.75, 3.05) is 0 Å². The summed E-state index contributed by atoms with van der Waals surface area (Å²) in [6, 6.07) is 15.2. The fraction of sp³-hybridized carbons (Fsp3) is 0.562. The summed E-state index contributed by atoms with van der Waals surface area (Å²) >= 11 is 6.66. The summed E-state index contributed by atoms with van der Waals surface area (Å²) in [5.74, 6) is 8.47. The van der Waals surface area contributed by atoms with E-state index in [2.05, 4.69) is 62.1 Å². The third-order valence-corrected chi connectivity index (χ3v) is 7.60. The summed E-state index contributed by atoms with van der Waals surface area (Å²) in [6.07, 6.45) is 18.7. The maximum Gasteiger partial charge on any atom is 0.0496 e. The molecule has 1 aliphatic rings. The maximum atomic E-state index is 6.66. The van der Waals surface area contributed by atoms with E-state index in [9.17, 15) is 0 Å². The molecule has 2 aromatic carbocycles. The van der Waals surface area contributed by atoms with E-state index < -0.39 is 0 Å².